The smallest absolute Gasteiger partial charge is 0.0726 e. The minimum Gasteiger partial charge on any atom is -0.380 e. The highest BCUT2D eigenvalue weighted by molar-refractivity contribution is 4.87. The van der Waals surface area contributed by atoms with E-state index < -0.39 is 0 Å². The van der Waals surface area contributed by atoms with Crippen LogP contribution in [-0.4, -0.2) is 50.8 Å². The molecule has 2 aliphatic rings. The van der Waals surface area contributed by atoms with Crippen LogP contribution in [0.4, 0.5) is 0 Å². The molecule has 3 heteroatoms. The highest BCUT2D eigenvalue weighted by Gasteiger charge is 2.32. The fourth-order valence-corrected chi connectivity index (χ4v) is 3.62. The van der Waals surface area contributed by atoms with Gasteiger partial charge in [0.1, 0.15) is 0 Å². The van der Waals surface area contributed by atoms with Crippen LogP contribution < -0.4 is 5.32 Å². The zero-order valence-electron chi connectivity index (χ0n) is 11.5. The molecule has 1 aliphatic heterocycles. The van der Waals surface area contributed by atoms with Crippen LogP contribution in [0.3, 0.4) is 0 Å². The summed E-state index contributed by atoms with van der Waals surface area (Å²) >= 11 is 0. The summed E-state index contributed by atoms with van der Waals surface area (Å²) in [5.74, 6) is 0.841. The van der Waals surface area contributed by atoms with E-state index in [1.807, 2.05) is 7.11 Å². The number of rotatable bonds is 4. The molecule has 3 nitrogen and oxygen atoms in total. The first-order chi connectivity index (χ1) is 8.35. The average Bonchev–Trinajstić information content (AvgIpc) is 2.39. The monoisotopic (exact) mass is 240 g/mol. The molecule has 17 heavy (non-hydrogen) atoms. The molecule has 1 saturated carbocycles. The Balaban J connectivity index is 1.90. The molecule has 0 amide bonds. The average molecular weight is 240 g/mol. The highest BCUT2D eigenvalue weighted by atomic mass is 16.5. The van der Waals surface area contributed by atoms with E-state index in [9.17, 15) is 0 Å². The third-order valence-corrected chi connectivity index (χ3v) is 4.48. The second-order valence-electron chi connectivity index (χ2n) is 5.69. The van der Waals surface area contributed by atoms with Gasteiger partial charge < -0.3 is 10.1 Å². The molecule has 0 aromatic heterocycles. The van der Waals surface area contributed by atoms with Gasteiger partial charge in [-0.3, -0.25) is 4.90 Å². The minimum atomic E-state index is 0.483. The lowest BCUT2D eigenvalue weighted by Gasteiger charge is -2.43. The van der Waals surface area contributed by atoms with Crippen molar-refractivity contribution in [3.05, 3.63) is 0 Å². The molecule has 1 aliphatic carbocycles. The Morgan fingerprint density at radius 1 is 1.18 bits per heavy atom. The van der Waals surface area contributed by atoms with Crippen molar-refractivity contribution in [3.8, 4) is 0 Å². The number of nitrogens with one attached hydrogen (secondary N) is 1. The summed E-state index contributed by atoms with van der Waals surface area (Å²) in [6.07, 6.45) is 8.57. The molecule has 3 atom stereocenters. The maximum atomic E-state index is 5.69. The summed E-state index contributed by atoms with van der Waals surface area (Å²) in [4.78, 5) is 2.71. The Hall–Kier alpha value is -0.120. The zero-order chi connectivity index (χ0) is 12.1. The molecule has 0 bridgehead atoms. The first-order valence-electron chi connectivity index (χ1n) is 7.26. The topological polar surface area (TPSA) is 24.5 Å². The van der Waals surface area contributed by atoms with Crippen molar-refractivity contribution >= 4 is 0 Å². The Kier molecular flexibility index (Phi) is 5.26. The summed E-state index contributed by atoms with van der Waals surface area (Å²) in [6, 6.07) is 0.688. The fourth-order valence-electron chi connectivity index (χ4n) is 3.62. The van der Waals surface area contributed by atoms with Crippen molar-refractivity contribution in [2.45, 2.75) is 50.7 Å². The second kappa shape index (κ2) is 6.72. The van der Waals surface area contributed by atoms with Crippen LogP contribution in [0.1, 0.15) is 38.5 Å². The predicted octanol–water partition coefficient (Wildman–Crippen LogP) is 1.88. The van der Waals surface area contributed by atoms with Gasteiger partial charge in [-0.2, -0.15) is 0 Å². The van der Waals surface area contributed by atoms with Crippen LogP contribution in [0.5, 0.6) is 0 Å². The van der Waals surface area contributed by atoms with Crippen molar-refractivity contribution in [1.82, 2.24) is 10.2 Å². The number of hydrogen-bond donors (Lipinski definition) is 1. The van der Waals surface area contributed by atoms with E-state index in [0.717, 1.165) is 5.92 Å². The first-order valence-corrected chi connectivity index (χ1v) is 7.26. The number of nitrogens with zero attached hydrogens (tertiary/aromatic N) is 1. The maximum Gasteiger partial charge on any atom is 0.0726 e. The molecule has 1 saturated heterocycles. The molecule has 1 N–H and O–H groups in total. The van der Waals surface area contributed by atoms with Gasteiger partial charge in [-0.1, -0.05) is 12.8 Å². The number of ether oxygens (including phenoxy) is 1. The van der Waals surface area contributed by atoms with E-state index in [-0.39, 0.29) is 0 Å². The Labute approximate surface area is 106 Å². The Morgan fingerprint density at radius 2 is 2.00 bits per heavy atom. The lowest BCUT2D eigenvalue weighted by atomic mass is 9.88. The molecule has 3 unspecified atom stereocenters. The minimum absolute atomic E-state index is 0.483. The largest absolute Gasteiger partial charge is 0.380 e. The summed E-state index contributed by atoms with van der Waals surface area (Å²) in [5.41, 5.74) is 0. The molecule has 0 aromatic carbocycles. The lowest BCUT2D eigenvalue weighted by Crippen LogP contribution is -2.51. The van der Waals surface area contributed by atoms with Crippen molar-refractivity contribution in [2.75, 3.05) is 33.8 Å². The first kappa shape index (κ1) is 13.3. The molecule has 100 valence electrons. The molecular formula is C14H28N2O. The molecular weight excluding hydrogens is 212 g/mol. The van der Waals surface area contributed by atoms with E-state index >= 15 is 0 Å². The van der Waals surface area contributed by atoms with E-state index in [2.05, 4.69) is 17.3 Å². The van der Waals surface area contributed by atoms with Crippen LogP contribution in [0.25, 0.3) is 0 Å². The van der Waals surface area contributed by atoms with Crippen molar-refractivity contribution in [3.63, 3.8) is 0 Å². The number of piperidine rings is 1. The predicted molar refractivity (Wildman–Crippen MR) is 71.3 cm³/mol. The normalized spacial score (nSPS) is 36.0. The van der Waals surface area contributed by atoms with Crippen LogP contribution in [0.15, 0.2) is 0 Å². The van der Waals surface area contributed by atoms with Crippen molar-refractivity contribution < 1.29 is 4.74 Å². The Morgan fingerprint density at radius 3 is 2.76 bits per heavy atom. The molecule has 2 fully saturated rings. The van der Waals surface area contributed by atoms with Gasteiger partial charge in [0, 0.05) is 19.7 Å². The van der Waals surface area contributed by atoms with E-state index in [1.54, 1.807) is 0 Å². The highest BCUT2D eigenvalue weighted by Crippen LogP contribution is 2.28. The SMILES string of the molecule is CNCC1CCCN(C2CCCCC2OC)C1. The van der Waals surface area contributed by atoms with Crippen LogP contribution in [0, 0.1) is 5.92 Å². The third kappa shape index (κ3) is 3.43. The van der Waals surface area contributed by atoms with Gasteiger partial charge in [-0.05, 0) is 51.7 Å². The molecule has 0 spiro atoms. The van der Waals surface area contributed by atoms with Gasteiger partial charge in [-0.15, -0.1) is 0 Å². The van der Waals surface area contributed by atoms with Gasteiger partial charge in [0.05, 0.1) is 6.10 Å². The molecule has 0 aromatic rings. The lowest BCUT2D eigenvalue weighted by molar-refractivity contribution is -0.0248. The molecule has 1 heterocycles. The van der Waals surface area contributed by atoms with Gasteiger partial charge >= 0.3 is 0 Å². The number of hydrogen-bond acceptors (Lipinski definition) is 3. The van der Waals surface area contributed by atoms with E-state index in [1.165, 1.54) is 58.2 Å². The van der Waals surface area contributed by atoms with Gasteiger partial charge in [0.15, 0.2) is 0 Å². The molecule has 0 radical (unpaired) electrons. The number of methoxy groups -OCH3 is 1. The van der Waals surface area contributed by atoms with Crippen LogP contribution >= 0.6 is 0 Å². The van der Waals surface area contributed by atoms with Crippen LogP contribution in [0.2, 0.25) is 0 Å². The van der Waals surface area contributed by atoms with Gasteiger partial charge in [0.25, 0.3) is 0 Å². The quantitative estimate of drug-likeness (QED) is 0.812. The maximum absolute atomic E-state index is 5.69. The van der Waals surface area contributed by atoms with Gasteiger partial charge in [0.2, 0.25) is 0 Å². The zero-order valence-corrected chi connectivity index (χ0v) is 11.5. The second-order valence-corrected chi connectivity index (χ2v) is 5.69. The van der Waals surface area contributed by atoms with Crippen molar-refractivity contribution in [1.29, 1.82) is 0 Å². The van der Waals surface area contributed by atoms with Crippen molar-refractivity contribution in [2.24, 2.45) is 5.92 Å². The summed E-state index contributed by atoms with van der Waals surface area (Å²) in [5, 5.41) is 3.33. The van der Waals surface area contributed by atoms with Crippen LogP contribution in [-0.2, 0) is 4.74 Å². The van der Waals surface area contributed by atoms with E-state index in [0.29, 0.717) is 12.1 Å². The summed E-state index contributed by atoms with van der Waals surface area (Å²) < 4.78 is 5.69. The summed E-state index contributed by atoms with van der Waals surface area (Å²) in [6.45, 7) is 3.72. The standard InChI is InChI=1S/C14H28N2O/c1-15-10-12-6-5-9-16(11-12)13-7-3-4-8-14(13)17-2/h12-15H,3-11H2,1-2H3. The van der Waals surface area contributed by atoms with Gasteiger partial charge in [-0.25, -0.2) is 0 Å². The summed E-state index contributed by atoms with van der Waals surface area (Å²) in [7, 11) is 3.95. The number of likely N-dealkylation sites (tertiary alicyclic amines) is 1. The Bertz CT molecular complexity index is 220. The van der Waals surface area contributed by atoms with E-state index in [4.69, 9.17) is 4.74 Å². The molecule has 2 rings (SSSR count). The fraction of sp³-hybridized carbons (Fsp3) is 1.00. The third-order valence-electron chi connectivity index (χ3n) is 4.48.